The number of hydrogen-bond donors (Lipinski definition) is 1. The second kappa shape index (κ2) is 3.94. The first-order valence-corrected chi connectivity index (χ1v) is 3.03. The summed E-state index contributed by atoms with van der Waals surface area (Å²) in [6.45, 7) is 1.96. The molecule has 1 N–H and O–H groups in total. The van der Waals surface area contributed by atoms with Gasteiger partial charge in [0.2, 0.25) is 8.46 Å². The van der Waals surface area contributed by atoms with Crippen LogP contribution in [0.3, 0.4) is 0 Å². The van der Waals surface area contributed by atoms with Gasteiger partial charge >= 0.3 is 0 Å². The highest BCUT2D eigenvalue weighted by molar-refractivity contribution is 7.46. The Bertz CT molecular complexity index is 81.8. The Morgan fingerprint density at radius 1 is 1.86 bits per heavy atom. The van der Waals surface area contributed by atoms with Crippen molar-refractivity contribution in [2.24, 2.45) is 0 Å². The minimum atomic E-state index is -0.123. The van der Waals surface area contributed by atoms with E-state index in [1.165, 1.54) is 0 Å². The van der Waals surface area contributed by atoms with Gasteiger partial charge < -0.3 is 0 Å². The Labute approximate surface area is 44.6 Å². The lowest BCUT2D eigenvalue weighted by molar-refractivity contribution is 0.603. The first-order valence-electron chi connectivity index (χ1n) is 2.22. The first kappa shape index (κ1) is 6.77. The molecule has 3 heteroatoms. The molecule has 0 saturated heterocycles. The molecular weight excluding hydrogens is 109 g/mol. The molecule has 0 atom stereocenters. The summed E-state index contributed by atoms with van der Waals surface area (Å²) in [5, 5.41) is 6.81. The third-order valence-electron chi connectivity index (χ3n) is 0.597. The largest absolute Gasteiger partial charge is 0.297 e. The zero-order valence-electron chi connectivity index (χ0n) is 4.27. The standard InChI is InChI=1S/C4H8NOP/c1-2-3-4(5)7-6/h5H,2-3H2,1H3. The summed E-state index contributed by atoms with van der Waals surface area (Å²) < 4.78 is 9.77. The van der Waals surface area contributed by atoms with Crippen LogP contribution in [-0.4, -0.2) is 5.45 Å². The van der Waals surface area contributed by atoms with Crippen molar-refractivity contribution in [3.8, 4) is 0 Å². The lowest BCUT2D eigenvalue weighted by Gasteiger charge is -1.82. The molecule has 0 aliphatic heterocycles. The van der Waals surface area contributed by atoms with Crippen LogP contribution in [0.1, 0.15) is 19.8 Å². The highest BCUT2D eigenvalue weighted by atomic mass is 31.1. The van der Waals surface area contributed by atoms with E-state index in [1.54, 1.807) is 0 Å². The third kappa shape index (κ3) is 3.60. The molecule has 0 aromatic rings. The predicted molar refractivity (Wildman–Crippen MR) is 30.2 cm³/mol. The molecule has 0 radical (unpaired) electrons. The fourth-order valence-electron chi connectivity index (χ4n) is 0.282. The molecular formula is C4H8NOP. The van der Waals surface area contributed by atoms with Gasteiger partial charge in [-0.15, -0.1) is 0 Å². The second-order valence-electron chi connectivity index (χ2n) is 1.29. The second-order valence-corrected chi connectivity index (χ2v) is 2.01. The Hall–Kier alpha value is -0.230. The van der Waals surface area contributed by atoms with Crippen molar-refractivity contribution in [2.45, 2.75) is 19.8 Å². The van der Waals surface area contributed by atoms with Crippen LogP contribution in [-0.2, 0) is 4.57 Å². The molecule has 40 valence electrons. The summed E-state index contributed by atoms with van der Waals surface area (Å²) in [6, 6.07) is 0. The predicted octanol–water partition coefficient (Wildman–Crippen LogP) is 2.06. The highest BCUT2D eigenvalue weighted by Gasteiger charge is 1.88. The van der Waals surface area contributed by atoms with Crippen LogP contribution in [0.2, 0.25) is 0 Å². The van der Waals surface area contributed by atoms with Gasteiger partial charge in [0.1, 0.15) is 0 Å². The van der Waals surface area contributed by atoms with Crippen molar-refractivity contribution >= 4 is 13.9 Å². The summed E-state index contributed by atoms with van der Waals surface area (Å²) in [5.74, 6) is 0. The lowest BCUT2D eigenvalue weighted by Crippen LogP contribution is -1.79. The maximum atomic E-state index is 9.77. The minimum absolute atomic E-state index is 0.123. The van der Waals surface area contributed by atoms with Crippen LogP contribution in [0, 0.1) is 5.41 Å². The molecule has 0 heterocycles. The molecule has 0 amide bonds. The van der Waals surface area contributed by atoms with Crippen molar-refractivity contribution < 1.29 is 4.57 Å². The fourth-order valence-corrected chi connectivity index (χ4v) is 0.597. The van der Waals surface area contributed by atoms with Gasteiger partial charge in [-0.25, -0.2) is 0 Å². The Morgan fingerprint density at radius 3 is 2.57 bits per heavy atom. The molecule has 0 aromatic carbocycles. The highest BCUT2D eigenvalue weighted by Crippen LogP contribution is 2.00. The smallest absolute Gasteiger partial charge is 0.207 e. The maximum absolute atomic E-state index is 9.77. The van der Waals surface area contributed by atoms with E-state index in [2.05, 4.69) is 0 Å². The van der Waals surface area contributed by atoms with Crippen LogP contribution < -0.4 is 0 Å². The average molecular weight is 117 g/mol. The summed E-state index contributed by atoms with van der Waals surface area (Å²) in [6.07, 6.45) is 1.57. The molecule has 2 nitrogen and oxygen atoms in total. The molecule has 0 fully saturated rings. The normalized spacial score (nSPS) is 9.29. The molecule has 0 spiro atoms. The topological polar surface area (TPSA) is 40.9 Å². The van der Waals surface area contributed by atoms with Gasteiger partial charge in [0.05, 0.1) is 5.45 Å². The van der Waals surface area contributed by atoms with Gasteiger partial charge in [0.25, 0.3) is 0 Å². The minimum Gasteiger partial charge on any atom is -0.297 e. The van der Waals surface area contributed by atoms with Gasteiger partial charge in [-0.3, -0.25) is 9.97 Å². The Kier molecular flexibility index (Phi) is 3.81. The van der Waals surface area contributed by atoms with E-state index in [-0.39, 0.29) is 8.46 Å². The van der Waals surface area contributed by atoms with Crippen molar-refractivity contribution in [2.75, 3.05) is 0 Å². The number of nitrogens with one attached hydrogen (secondary N) is 1. The van der Waals surface area contributed by atoms with Gasteiger partial charge in [-0.2, -0.15) is 0 Å². The maximum Gasteiger partial charge on any atom is 0.207 e. The van der Waals surface area contributed by atoms with E-state index < -0.39 is 0 Å². The van der Waals surface area contributed by atoms with Crippen molar-refractivity contribution in [1.82, 2.24) is 0 Å². The molecule has 0 bridgehead atoms. The average Bonchev–Trinajstić information content (AvgIpc) is 1.68. The summed E-state index contributed by atoms with van der Waals surface area (Å²) >= 11 is 0. The fraction of sp³-hybridized carbons (Fsp3) is 0.750. The van der Waals surface area contributed by atoms with Crippen LogP contribution in [0.25, 0.3) is 0 Å². The van der Waals surface area contributed by atoms with E-state index >= 15 is 0 Å². The zero-order valence-corrected chi connectivity index (χ0v) is 5.16. The van der Waals surface area contributed by atoms with Crippen molar-refractivity contribution in [3.05, 3.63) is 0 Å². The van der Waals surface area contributed by atoms with Crippen molar-refractivity contribution in [3.63, 3.8) is 0 Å². The molecule has 7 heavy (non-hydrogen) atoms. The van der Waals surface area contributed by atoms with Crippen LogP contribution in [0.15, 0.2) is 0 Å². The Morgan fingerprint density at radius 2 is 2.43 bits per heavy atom. The van der Waals surface area contributed by atoms with E-state index in [0.29, 0.717) is 11.9 Å². The third-order valence-corrected chi connectivity index (χ3v) is 1.04. The van der Waals surface area contributed by atoms with Gasteiger partial charge in [0.15, 0.2) is 0 Å². The van der Waals surface area contributed by atoms with E-state index in [9.17, 15) is 4.57 Å². The van der Waals surface area contributed by atoms with Crippen LogP contribution in [0.5, 0.6) is 0 Å². The van der Waals surface area contributed by atoms with Crippen LogP contribution >= 0.6 is 8.46 Å². The molecule has 0 saturated carbocycles. The summed E-state index contributed by atoms with van der Waals surface area (Å²) in [5.41, 5.74) is 0.294. The van der Waals surface area contributed by atoms with Crippen molar-refractivity contribution in [1.29, 1.82) is 5.41 Å². The molecule has 0 rings (SSSR count). The van der Waals surface area contributed by atoms with E-state index in [4.69, 9.17) is 5.41 Å². The van der Waals surface area contributed by atoms with Gasteiger partial charge in [-0.1, -0.05) is 13.3 Å². The monoisotopic (exact) mass is 117 g/mol. The van der Waals surface area contributed by atoms with E-state index in [0.717, 1.165) is 6.42 Å². The first-order chi connectivity index (χ1) is 3.31. The van der Waals surface area contributed by atoms with Gasteiger partial charge in [-0.05, 0) is 6.42 Å². The Balaban J connectivity index is 3.17. The molecule has 0 aliphatic rings. The number of rotatable bonds is 3. The van der Waals surface area contributed by atoms with E-state index in [1.807, 2.05) is 6.92 Å². The zero-order chi connectivity index (χ0) is 5.70. The molecule has 0 aromatic heterocycles. The van der Waals surface area contributed by atoms with Crippen LogP contribution in [0.4, 0.5) is 0 Å². The number of hydrogen-bond acceptors (Lipinski definition) is 2. The lowest BCUT2D eigenvalue weighted by atomic mass is 10.4. The SMILES string of the molecule is CCCC(=N)P=O. The van der Waals surface area contributed by atoms with Gasteiger partial charge in [0, 0.05) is 0 Å². The summed E-state index contributed by atoms with van der Waals surface area (Å²) in [7, 11) is -0.123. The molecule has 0 aliphatic carbocycles. The quantitative estimate of drug-likeness (QED) is 0.446. The summed E-state index contributed by atoms with van der Waals surface area (Å²) in [4.78, 5) is 0. The molecule has 0 unspecified atom stereocenters.